The molecule has 1 fully saturated rings. The van der Waals surface area contributed by atoms with Crippen molar-refractivity contribution in [3.05, 3.63) is 24.3 Å². The van der Waals surface area contributed by atoms with Crippen molar-refractivity contribution in [1.29, 1.82) is 0 Å². The smallest absolute Gasteiger partial charge is 0.324 e. The van der Waals surface area contributed by atoms with Crippen LogP contribution in [0.1, 0.15) is 19.8 Å². The molecule has 2 amide bonds. The highest BCUT2D eigenvalue weighted by Gasteiger charge is 2.22. The molecule has 1 heterocycles. The Morgan fingerprint density at radius 1 is 1.43 bits per heavy atom. The summed E-state index contributed by atoms with van der Waals surface area (Å²) in [5, 5.41) is 2.46. The lowest BCUT2D eigenvalue weighted by atomic mass is 10.3. The summed E-state index contributed by atoms with van der Waals surface area (Å²) in [6, 6.07) is 6.65. The maximum absolute atomic E-state index is 12.0. The van der Waals surface area contributed by atoms with Crippen LogP contribution in [-0.4, -0.2) is 47.3 Å². The summed E-state index contributed by atoms with van der Waals surface area (Å²) in [6.07, 6.45) is 3.14. The average Bonchev–Trinajstić information content (AvgIpc) is 2.91. The number of likely N-dealkylation sites (tertiary alicyclic amines) is 1. The Balaban J connectivity index is 1.92. The van der Waals surface area contributed by atoms with Crippen LogP contribution in [0.3, 0.4) is 0 Å². The van der Waals surface area contributed by atoms with Gasteiger partial charge in [-0.3, -0.25) is 14.4 Å². The zero-order chi connectivity index (χ0) is 16.8. The van der Waals surface area contributed by atoms with Crippen molar-refractivity contribution < 1.29 is 19.1 Å². The van der Waals surface area contributed by atoms with Crippen molar-refractivity contribution >= 4 is 35.2 Å². The Morgan fingerprint density at radius 3 is 2.87 bits per heavy atom. The topological polar surface area (TPSA) is 75.7 Å². The highest BCUT2D eigenvalue weighted by atomic mass is 32.2. The molecule has 0 saturated carbocycles. The van der Waals surface area contributed by atoms with Gasteiger partial charge in [-0.2, -0.15) is 11.8 Å². The van der Waals surface area contributed by atoms with E-state index in [9.17, 15) is 14.4 Å². The number of anilines is 1. The van der Waals surface area contributed by atoms with Gasteiger partial charge in [-0.05, 0) is 31.7 Å². The number of carbonyl (C=O) groups is 3. The number of hydrogen-bond acceptors (Lipinski definition) is 5. The number of nitrogens with zero attached hydrogens (tertiary/aromatic N) is 1. The number of rotatable bonds is 6. The van der Waals surface area contributed by atoms with Gasteiger partial charge in [-0.1, -0.05) is 6.07 Å². The van der Waals surface area contributed by atoms with Gasteiger partial charge in [-0.15, -0.1) is 0 Å². The Kier molecular flexibility index (Phi) is 6.04. The highest BCUT2D eigenvalue weighted by molar-refractivity contribution is 7.99. The van der Waals surface area contributed by atoms with E-state index in [0.29, 0.717) is 24.4 Å². The normalized spacial score (nSPS) is 15.4. The fourth-order valence-corrected chi connectivity index (χ4v) is 2.42. The minimum absolute atomic E-state index is 0.00823. The molecule has 124 valence electrons. The minimum Gasteiger partial charge on any atom is -0.426 e. The molecule has 2 rings (SSSR count). The molecule has 1 N–H and O–H groups in total. The lowest BCUT2D eigenvalue weighted by molar-refractivity contribution is -0.133. The van der Waals surface area contributed by atoms with E-state index >= 15 is 0 Å². The monoisotopic (exact) mass is 336 g/mol. The first-order valence-corrected chi connectivity index (χ1v) is 8.70. The van der Waals surface area contributed by atoms with Crippen LogP contribution in [0.2, 0.25) is 0 Å². The predicted octanol–water partition coefficient (Wildman–Crippen LogP) is 1.90. The molecule has 1 aliphatic rings. The van der Waals surface area contributed by atoms with Gasteiger partial charge in [0.15, 0.2) is 0 Å². The summed E-state index contributed by atoms with van der Waals surface area (Å²) in [7, 11) is 0. The van der Waals surface area contributed by atoms with Crippen LogP contribution in [-0.2, 0) is 14.4 Å². The molecular formula is C16H20N2O4S. The molecule has 0 unspecified atom stereocenters. The fraction of sp³-hybridized carbons (Fsp3) is 0.438. The van der Waals surface area contributed by atoms with Crippen LogP contribution < -0.4 is 10.1 Å². The number of benzene rings is 1. The number of ether oxygens (including phenoxy) is 1. The first kappa shape index (κ1) is 17.3. The number of nitrogens with one attached hydrogen (secondary N) is 1. The molecule has 1 atom stereocenters. The van der Waals surface area contributed by atoms with Crippen molar-refractivity contribution in [2.75, 3.05) is 24.7 Å². The molecule has 0 bridgehead atoms. The van der Waals surface area contributed by atoms with E-state index in [0.717, 1.165) is 6.42 Å². The van der Waals surface area contributed by atoms with Gasteiger partial charge in [0.2, 0.25) is 11.8 Å². The summed E-state index contributed by atoms with van der Waals surface area (Å²) in [4.78, 5) is 36.8. The second-order valence-corrected chi connectivity index (χ2v) is 6.47. The van der Waals surface area contributed by atoms with E-state index in [-0.39, 0.29) is 29.6 Å². The summed E-state index contributed by atoms with van der Waals surface area (Å²) in [5.41, 5.74) is 0.531. The number of hydrogen-bond donors (Lipinski definition) is 1. The second kappa shape index (κ2) is 8.01. The van der Waals surface area contributed by atoms with Crippen molar-refractivity contribution in [2.45, 2.75) is 25.0 Å². The Labute approximate surface area is 139 Å². The summed E-state index contributed by atoms with van der Waals surface area (Å²) < 4.78 is 5.26. The first-order chi connectivity index (χ1) is 11.0. The van der Waals surface area contributed by atoms with Crippen LogP contribution in [0.15, 0.2) is 24.3 Å². The SMILES string of the molecule is CS[C@@H](C)C(=O)Oc1cccc(NC(=O)CN2CCCC2=O)c1. The van der Waals surface area contributed by atoms with Gasteiger partial charge in [0, 0.05) is 24.7 Å². The zero-order valence-electron chi connectivity index (χ0n) is 13.2. The molecule has 1 aromatic rings. The largest absolute Gasteiger partial charge is 0.426 e. The summed E-state index contributed by atoms with van der Waals surface area (Å²) >= 11 is 1.40. The van der Waals surface area contributed by atoms with Gasteiger partial charge in [0.25, 0.3) is 0 Å². The molecule has 1 aromatic carbocycles. The predicted molar refractivity (Wildman–Crippen MR) is 89.5 cm³/mol. The van der Waals surface area contributed by atoms with Gasteiger partial charge in [-0.25, -0.2) is 0 Å². The number of thioether (sulfide) groups is 1. The molecule has 0 radical (unpaired) electrons. The van der Waals surface area contributed by atoms with Crippen LogP contribution in [0.4, 0.5) is 5.69 Å². The van der Waals surface area contributed by atoms with E-state index < -0.39 is 0 Å². The maximum Gasteiger partial charge on any atom is 0.324 e. The molecular weight excluding hydrogens is 316 g/mol. The Bertz CT molecular complexity index is 605. The molecule has 23 heavy (non-hydrogen) atoms. The van der Waals surface area contributed by atoms with Gasteiger partial charge in [0.05, 0.1) is 11.8 Å². The number of amides is 2. The first-order valence-electron chi connectivity index (χ1n) is 7.42. The van der Waals surface area contributed by atoms with E-state index in [4.69, 9.17) is 4.74 Å². The molecule has 0 aliphatic carbocycles. The lowest BCUT2D eigenvalue weighted by Gasteiger charge is -2.15. The zero-order valence-corrected chi connectivity index (χ0v) is 14.0. The van der Waals surface area contributed by atoms with E-state index in [1.54, 1.807) is 36.1 Å². The standard InChI is InChI=1S/C16H20N2O4S/c1-11(23-2)16(21)22-13-6-3-5-12(9-13)17-14(19)10-18-8-4-7-15(18)20/h3,5-6,9,11H,4,7-8,10H2,1-2H3,(H,17,19)/t11-/m0/s1. The van der Waals surface area contributed by atoms with E-state index in [1.807, 2.05) is 6.26 Å². The summed E-state index contributed by atoms with van der Waals surface area (Å²) in [6.45, 7) is 2.44. The summed E-state index contributed by atoms with van der Waals surface area (Å²) in [5.74, 6) is -0.204. The van der Waals surface area contributed by atoms with E-state index in [1.165, 1.54) is 11.8 Å². The van der Waals surface area contributed by atoms with Crippen LogP contribution in [0, 0.1) is 0 Å². The van der Waals surface area contributed by atoms with Crippen LogP contribution in [0.5, 0.6) is 5.75 Å². The van der Waals surface area contributed by atoms with E-state index in [2.05, 4.69) is 5.32 Å². The Morgan fingerprint density at radius 2 is 2.22 bits per heavy atom. The second-order valence-electron chi connectivity index (χ2n) is 5.29. The quantitative estimate of drug-likeness (QED) is 0.634. The molecule has 7 heteroatoms. The molecule has 6 nitrogen and oxygen atoms in total. The number of carbonyl (C=O) groups excluding carboxylic acids is 3. The van der Waals surface area contributed by atoms with Gasteiger partial charge < -0.3 is 15.0 Å². The average molecular weight is 336 g/mol. The minimum atomic E-state index is -0.330. The third-order valence-corrected chi connectivity index (χ3v) is 4.43. The van der Waals surface area contributed by atoms with Crippen LogP contribution in [0.25, 0.3) is 0 Å². The number of esters is 1. The molecule has 1 aliphatic heterocycles. The molecule has 0 spiro atoms. The fourth-order valence-electron chi connectivity index (χ4n) is 2.18. The maximum atomic E-state index is 12.0. The third kappa shape index (κ3) is 4.99. The lowest BCUT2D eigenvalue weighted by Crippen LogP contribution is -2.33. The van der Waals surface area contributed by atoms with Gasteiger partial charge >= 0.3 is 5.97 Å². The molecule has 1 saturated heterocycles. The van der Waals surface area contributed by atoms with Crippen molar-refractivity contribution in [3.8, 4) is 5.75 Å². The van der Waals surface area contributed by atoms with Crippen LogP contribution >= 0.6 is 11.8 Å². The highest BCUT2D eigenvalue weighted by Crippen LogP contribution is 2.19. The van der Waals surface area contributed by atoms with Crippen molar-refractivity contribution in [3.63, 3.8) is 0 Å². The Hall–Kier alpha value is -2.02. The molecule has 0 aromatic heterocycles. The van der Waals surface area contributed by atoms with Gasteiger partial charge in [0.1, 0.15) is 5.75 Å². The third-order valence-electron chi connectivity index (χ3n) is 3.53. The van der Waals surface area contributed by atoms with Crippen molar-refractivity contribution in [2.24, 2.45) is 0 Å². The van der Waals surface area contributed by atoms with Crippen molar-refractivity contribution in [1.82, 2.24) is 4.90 Å².